The monoisotopic (exact) mass is 472 g/mol. The number of aliphatic hydroxyl groups excluding tert-OH is 2. The summed E-state index contributed by atoms with van der Waals surface area (Å²) in [7, 11) is 1.83. The van der Waals surface area contributed by atoms with Crippen molar-refractivity contribution < 1.29 is 14.9 Å². The lowest BCUT2D eigenvalue weighted by atomic mass is 9.31. The van der Waals surface area contributed by atoms with Gasteiger partial charge in [-0.3, -0.25) is 0 Å². The zero-order valence-electron chi connectivity index (χ0n) is 23.4. The van der Waals surface area contributed by atoms with Crippen LogP contribution in [-0.2, 0) is 4.74 Å². The quantitative estimate of drug-likeness (QED) is 0.422. The molecule has 12 atom stereocenters. The van der Waals surface area contributed by atoms with Crippen LogP contribution in [0.2, 0.25) is 0 Å². The third-order valence-electron chi connectivity index (χ3n) is 13.9. The zero-order valence-corrected chi connectivity index (χ0v) is 23.4. The molecule has 5 aliphatic carbocycles. The van der Waals surface area contributed by atoms with Crippen LogP contribution < -0.4 is 0 Å². The van der Waals surface area contributed by atoms with Gasteiger partial charge in [0.25, 0.3) is 0 Å². The lowest BCUT2D eigenvalue weighted by Gasteiger charge is -2.74. The molecule has 0 spiro atoms. The number of hydrogen-bond acceptors (Lipinski definition) is 3. The minimum absolute atomic E-state index is 0.00679. The summed E-state index contributed by atoms with van der Waals surface area (Å²) in [5, 5.41) is 22.9. The maximum atomic E-state index is 12.0. The van der Waals surface area contributed by atoms with Gasteiger partial charge in [0.15, 0.2) is 0 Å². The van der Waals surface area contributed by atoms with E-state index in [-0.39, 0.29) is 45.4 Å². The van der Waals surface area contributed by atoms with Crippen LogP contribution in [0, 0.1) is 56.7 Å². The molecule has 3 heteroatoms. The van der Waals surface area contributed by atoms with Gasteiger partial charge in [0.05, 0.1) is 18.3 Å². The topological polar surface area (TPSA) is 49.7 Å². The van der Waals surface area contributed by atoms with Crippen LogP contribution >= 0.6 is 0 Å². The van der Waals surface area contributed by atoms with Crippen molar-refractivity contribution in [2.75, 3.05) is 7.11 Å². The number of hydrogen-bond donors (Lipinski definition) is 2. The molecule has 2 N–H and O–H groups in total. The molecule has 0 aromatic heterocycles. The molecule has 0 saturated heterocycles. The molecule has 5 rings (SSSR count). The smallest absolute Gasteiger partial charge is 0.0835 e. The highest BCUT2D eigenvalue weighted by Crippen LogP contribution is 2.76. The van der Waals surface area contributed by atoms with Gasteiger partial charge in [0.1, 0.15) is 0 Å². The van der Waals surface area contributed by atoms with Gasteiger partial charge in [-0.05, 0) is 103 Å². The van der Waals surface area contributed by atoms with Gasteiger partial charge < -0.3 is 14.9 Å². The molecule has 0 bridgehead atoms. The summed E-state index contributed by atoms with van der Waals surface area (Å²) in [5.74, 6) is 2.78. The largest absolute Gasteiger partial charge is 0.393 e. The molecular formula is C31H52O3. The van der Waals surface area contributed by atoms with Crippen LogP contribution in [-0.4, -0.2) is 35.6 Å². The van der Waals surface area contributed by atoms with Gasteiger partial charge in [-0.15, -0.1) is 0 Å². The Morgan fingerprint density at radius 2 is 1.53 bits per heavy atom. The molecule has 0 amide bonds. The molecule has 0 heterocycles. The minimum Gasteiger partial charge on any atom is -0.393 e. The first-order chi connectivity index (χ1) is 15.7. The van der Waals surface area contributed by atoms with Crippen LogP contribution in [0.5, 0.6) is 0 Å². The van der Waals surface area contributed by atoms with E-state index in [9.17, 15) is 10.2 Å². The van der Waals surface area contributed by atoms with Crippen molar-refractivity contribution in [3.63, 3.8) is 0 Å². The van der Waals surface area contributed by atoms with Gasteiger partial charge in [-0.25, -0.2) is 0 Å². The minimum atomic E-state index is -0.346. The number of ether oxygens (including phenoxy) is 1. The first-order valence-electron chi connectivity index (χ1n) is 14.3. The molecule has 1 unspecified atom stereocenters. The molecule has 0 aliphatic heterocycles. The first kappa shape index (κ1) is 25.3. The van der Waals surface area contributed by atoms with Gasteiger partial charge in [0.2, 0.25) is 0 Å². The van der Waals surface area contributed by atoms with Gasteiger partial charge in [0, 0.05) is 12.5 Å². The van der Waals surface area contributed by atoms with Crippen molar-refractivity contribution >= 4 is 0 Å². The standard InChI is InChI=1S/C31H52O3/c1-18-16-25(34-9)31(8)24(33)17-30(7)20(26(31)19(18)2)10-11-22-28(5)14-13-23(32)27(3,4)21(28)12-15-29(22,30)6/h16,19-26,32-33H,10-15,17H2,1-9H3/t19-,20-,21+,22?,23+,24+,25+,26+,28+,29-,30-,31+/m1/s1. The molecule has 4 fully saturated rings. The first-order valence-corrected chi connectivity index (χ1v) is 14.3. The summed E-state index contributed by atoms with van der Waals surface area (Å²) < 4.78 is 6.06. The summed E-state index contributed by atoms with van der Waals surface area (Å²) in [6.07, 6.45) is 9.76. The Bertz CT molecular complexity index is 863. The van der Waals surface area contributed by atoms with Crippen molar-refractivity contribution in [3.8, 4) is 0 Å². The number of aliphatic hydroxyl groups is 2. The summed E-state index contributed by atoms with van der Waals surface area (Å²) in [5.41, 5.74) is 1.83. The normalized spacial score (nSPS) is 58.6. The highest BCUT2D eigenvalue weighted by atomic mass is 16.5. The average molecular weight is 473 g/mol. The second kappa shape index (κ2) is 7.57. The Morgan fingerprint density at radius 1 is 0.853 bits per heavy atom. The van der Waals surface area contributed by atoms with E-state index < -0.39 is 0 Å². The Balaban J connectivity index is 1.59. The Hall–Kier alpha value is -0.380. The molecule has 194 valence electrons. The van der Waals surface area contributed by atoms with E-state index in [4.69, 9.17) is 4.74 Å². The summed E-state index contributed by atoms with van der Waals surface area (Å²) in [6, 6.07) is 0. The molecule has 34 heavy (non-hydrogen) atoms. The fourth-order valence-electron chi connectivity index (χ4n) is 11.6. The van der Waals surface area contributed by atoms with Crippen molar-refractivity contribution in [2.45, 2.75) is 119 Å². The second-order valence-electron chi connectivity index (χ2n) is 15.0. The van der Waals surface area contributed by atoms with E-state index in [2.05, 4.69) is 61.5 Å². The Labute approximate surface area is 209 Å². The van der Waals surface area contributed by atoms with Crippen LogP contribution in [0.25, 0.3) is 0 Å². The van der Waals surface area contributed by atoms with E-state index in [1.54, 1.807) is 0 Å². The van der Waals surface area contributed by atoms with E-state index in [1.807, 2.05) is 7.11 Å². The predicted octanol–water partition coefficient (Wildman–Crippen LogP) is 6.62. The maximum absolute atomic E-state index is 12.0. The average Bonchev–Trinajstić information content (AvgIpc) is 2.75. The highest BCUT2D eigenvalue weighted by Gasteiger charge is 2.72. The lowest BCUT2D eigenvalue weighted by molar-refractivity contribution is -0.277. The van der Waals surface area contributed by atoms with Crippen molar-refractivity contribution in [3.05, 3.63) is 11.6 Å². The Kier molecular flexibility index (Phi) is 5.63. The number of allylic oxidation sites excluding steroid dienone is 1. The fraction of sp³-hybridized carbons (Fsp3) is 0.935. The van der Waals surface area contributed by atoms with Crippen molar-refractivity contribution in [1.29, 1.82) is 0 Å². The molecule has 3 nitrogen and oxygen atoms in total. The van der Waals surface area contributed by atoms with E-state index in [0.29, 0.717) is 29.6 Å². The summed E-state index contributed by atoms with van der Waals surface area (Å²) in [4.78, 5) is 0. The Morgan fingerprint density at radius 3 is 2.18 bits per heavy atom. The molecule has 5 aliphatic rings. The van der Waals surface area contributed by atoms with Crippen LogP contribution in [0.3, 0.4) is 0 Å². The van der Waals surface area contributed by atoms with Gasteiger partial charge >= 0.3 is 0 Å². The van der Waals surface area contributed by atoms with Crippen LogP contribution in [0.15, 0.2) is 11.6 Å². The van der Waals surface area contributed by atoms with Crippen LogP contribution in [0.1, 0.15) is 100 Å². The summed E-state index contributed by atoms with van der Waals surface area (Å²) in [6.45, 7) is 19.4. The van der Waals surface area contributed by atoms with Gasteiger partial charge in [-0.1, -0.05) is 60.1 Å². The number of rotatable bonds is 1. The maximum Gasteiger partial charge on any atom is 0.0835 e. The van der Waals surface area contributed by atoms with E-state index in [1.165, 1.54) is 31.3 Å². The van der Waals surface area contributed by atoms with E-state index in [0.717, 1.165) is 19.3 Å². The summed E-state index contributed by atoms with van der Waals surface area (Å²) >= 11 is 0. The fourth-order valence-corrected chi connectivity index (χ4v) is 11.6. The molecule has 0 aromatic carbocycles. The lowest BCUT2D eigenvalue weighted by Crippen LogP contribution is -2.70. The number of fused-ring (bicyclic) bond motifs is 7. The number of methoxy groups -OCH3 is 1. The predicted molar refractivity (Wildman–Crippen MR) is 138 cm³/mol. The molecule has 4 saturated carbocycles. The third kappa shape index (κ3) is 2.82. The van der Waals surface area contributed by atoms with E-state index >= 15 is 0 Å². The SMILES string of the molecule is CO[C@H]1C=C(C)[C@@H](C)[C@H]2[C@H]3CCC4[C@@]5(C)CC[C@H](O)C(C)(C)[C@@H]5CC[C@@]4(C)[C@]3(C)C[C@H](O)[C@]21C. The molecule has 0 aromatic rings. The highest BCUT2D eigenvalue weighted by molar-refractivity contribution is 5.26. The molecule has 0 radical (unpaired) electrons. The van der Waals surface area contributed by atoms with Crippen LogP contribution in [0.4, 0.5) is 0 Å². The molecular weight excluding hydrogens is 420 g/mol. The van der Waals surface area contributed by atoms with Crippen molar-refractivity contribution in [2.24, 2.45) is 56.7 Å². The second-order valence-corrected chi connectivity index (χ2v) is 15.0. The van der Waals surface area contributed by atoms with Gasteiger partial charge in [-0.2, -0.15) is 0 Å². The third-order valence-corrected chi connectivity index (χ3v) is 13.9. The van der Waals surface area contributed by atoms with Crippen molar-refractivity contribution in [1.82, 2.24) is 0 Å². The zero-order chi connectivity index (χ0) is 25.1.